The average Bonchev–Trinajstić information content (AvgIpc) is 2.73. The predicted molar refractivity (Wildman–Crippen MR) is 87.5 cm³/mol. The van der Waals surface area contributed by atoms with E-state index >= 15 is 0 Å². The summed E-state index contributed by atoms with van der Waals surface area (Å²) < 4.78 is 6.75. The molecule has 0 saturated carbocycles. The van der Waals surface area contributed by atoms with Crippen molar-refractivity contribution in [3.63, 3.8) is 0 Å². The summed E-state index contributed by atoms with van der Waals surface area (Å²) in [6.45, 7) is 7.26. The molecule has 1 amide bonds. The summed E-state index contributed by atoms with van der Waals surface area (Å²) in [7, 11) is 0. The summed E-state index contributed by atoms with van der Waals surface area (Å²) in [5.74, 6) is 0.0147. The van der Waals surface area contributed by atoms with E-state index in [1.54, 1.807) is 0 Å². The summed E-state index contributed by atoms with van der Waals surface area (Å²) in [5.41, 5.74) is 1.17. The number of aryl methyl sites for hydroxylation is 1. The molecule has 0 unspecified atom stereocenters. The Labute approximate surface area is 133 Å². The van der Waals surface area contributed by atoms with Crippen LogP contribution in [0.1, 0.15) is 29.1 Å². The average molecular weight is 324 g/mol. The summed E-state index contributed by atoms with van der Waals surface area (Å²) in [6, 6.07) is 6.09. The fraction of sp³-hybridized carbons (Fsp3) is 0.438. The second-order valence-corrected chi connectivity index (χ2v) is 7.14. The molecule has 21 heavy (non-hydrogen) atoms. The van der Waals surface area contributed by atoms with Crippen LogP contribution in [-0.2, 0) is 4.74 Å². The van der Waals surface area contributed by atoms with Gasteiger partial charge < -0.3 is 9.64 Å². The summed E-state index contributed by atoms with van der Waals surface area (Å²) in [5, 5.41) is 1.54. The molecule has 3 rings (SSSR count). The van der Waals surface area contributed by atoms with Crippen molar-refractivity contribution in [3.8, 4) is 0 Å². The van der Waals surface area contributed by atoms with Crippen molar-refractivity contribution in [2.45, 2.75) is 33.0 Å². The van der Waals surface area contributed by atoms with E-state index in [0.29, 0.717) is 23.0 Å². The highest BCUT2D eigenvalue weighted by molar-refractivity contribution is 7.21. The Bertz CT molecular complexity index is 687. The molecule has 0 N–H and O–H groups in total. The van der Waals surface area contributed by atoms with Crippen molar-refractivity contribution in [3.05, 3.63) is 33.7 Å². The number of benzene rings is 1. The van der Waals surface area contributed by atoms with Crippen LogP contribution < -0.4 is 0 Å². The fourth-order valence-electron chi connectivity index (χ4n) is 2.80. The molecule has 1 saturated heterocycles. The lowest BCUT2D eigenvalue weighted by atomic mass is 10.2. The van der Waals surface area contributed by atoms with Crippen LogP contribution >= 0.6 is 22.9 Å². The van der Waals surface area contributed by atoms with Crippen LogP contribution in [0.3, 0.4) is 0 Å². The van der Waals surface area contributed by atoms with E-state index in [-0.39, 0.29) is 18.1 Å². The maximum Gasteiger partial charge on any atom is 0.265 e. The smallest absolute Gasteiger partial charge is 0.265 e. The third kappa shape index (κ3) is 2.80. The minimum Gasteiger partial charge on any atom is -0.372 e. The molecule has 0 bridgehead atoms. The molecule has 0 spiro atoms. The second kappa shape index (κ2) is 5.59. The molecule has 2 heterocycles. The first-order valence-electron chi connectivity index (χ1n) is 7.09. The highest BCUT2D eigenvalue weighted by Crippen LogP contribution is 2.36. The van der Waals surface area contributed by atoms with E-state index in [1.807, 2.05) is 37.8 Å². The van der Waals surface area contributed by atoms with Crippen LogP contribution in [0.4, 0.5) is 0 Å². The summed E-state index contributed by atoms with van der Waals surface area (Å²) in [6.07, 6.45) is 0.126. The summed E-state index contributed by atoms with van der Waals surface area (Å²) in [4.78, 5) is 15.2. The maximum atomic E-state index is 12.8. The van der Waals surface area contributed by atoms with Gasteiger partial charge in [-0.3, -0.25) is 4.79 Å². The number of rotatable bonds is 1. The molecule has 0 aliphatic carbocycles. The molecule has 0 radical (unpaired) electrons. The Hall–Kier alpha value is -1.10. The van der Waals surface area contributed by atoms with Gasteiger partial charge in [0.05, 0.1) is 17.2 Å². The molecule has 2 aromatic rings. The van der Waals surface area contributed by atoms with Gasteiger partial charge in [-0.2, -0.15) is 0 Å². The largest absolute Gasteiger partial charge is 0.372 e. The number of hydrogen-bond donors (Lipinski definition) is 0. The molecule has 1 aromatic heterocycles. The number of carbonyl (C=O) groups excluding carboxylic acids is 1. The van der Waals surface area contributed by atoms with Gasteiger partial charge in [-0.15, -0.1) is 11.3 Å². The van der Waals surface area contributed by atoms with Gasteiger partial charge >= 0.3 is 0 Å². The van der Waals surface area contributed by atoms with Crippen molar-refractivity contribution < 1.29 is 9.53 Å². The van der Waals surface area contributed by atoms with Gasteiger partial charge in [0.15, 0.2) is 0 Å². The molecule has 1 aliphatic rings. The molecule has 112 valence electrons. The first-order valence-corrected chi connectivity index (χ1v) is 8.28. The number of nitrogens with zero attached hydrogens (tertiary/aromatic N) is 1. The number of fused-ring (bicyclic) bond motifs is 1. The molecule has 1 aromatic carbocycles. The van der Waals surface area contributed by atoms with Crippen LogP contribution in [0.15, 0.2) is 18.2 Å². The van der Waals surface area contributed by atoms with E-state index in [2.05, 4.69) is 6.07 Å². The first kappa shape index (κ1) is 14.8. The van der Waals surface area contributed by atoms with Gasteiger partial charge in [-0.25, -0.2) is 0 Å². The predicted octanol–water partition coefficient (Wildman–Crippen LogP) is 4.11. The standard InChI is InChI=1S/C16H18ClNO2S/c1-9-4-5-12-13(6-9)21-15(14(12)17)16(19)18-7-10(2)20-11(3)8-18/h4-6,10-11H,7-8H2,1-3H3/t10-,11+. The van der Waals surface area contributed by atoms with E-state index in [9.17, 15) is 4.79 Å². The van der Waals surface area contributed by atoms with E-state index in [4.69, 9.17) is 16.3 Å². The highest BCUT2D eigenvalue weighted by Gasteiger charge is 2.29. The van der Waals surface area contributed by atoms with E-state index < -0.39 is 0 Å². The Kier molecular flexibility index (Phi) is 3.95. The second-order valence-electron chi connectivity index (χ2n) is 5.71. The molecular weight excluding hydrogens is 306 g/mol. The fourth-order valence-corrected chi connectivity index (χ4v) is 4.38. The molecule has 1 aliphatic heterocycles. The molecule has 5 heteroatoms. The topological polar surface area (TPSA) is 29.5 Å². The third-order valence-electron chi connectivity index (χ3n) is 3.69. The Morgan fingerprint density at radius 1 is 1.33 bits per heavy atom. The summed E-state index contributed by atoms with van der Waals surface area (Å²) >= 11 is 7.91. The van der Waals surface area contributed by atoms with Gasteiger partial charge in [0.2, 0.25) is 0 Å². The minimum atomic E-state index is 0.0147. The van der Waals surface area contributed by atoms with Crippen LogP contribution in [0.2, 0.25) is 5.02 Å². The molecule has 3 nitrogen and oxygen atoms in total. The van der Waals surface area contributed by atoms with E-state index in [1.165, 1.54) is 16.9 Å². The number of hydrogen-bond acceptors (Lipinski definition) is 3. The van der Waals surface area contributed by atoms with Gasteiger partial charge in [0.25, 0.3) is 5.91 Å². The number of carbonyl (C=O) groups is 1. The zero-order chi connectivity index (χ0) is 15.1. The van der Waals surface area contributed by atoms with Crippen LogP contribution in [0, 0.1) is 6.92 Å². The van der Waals surface area contributed by atoms with Crippen molar-refractivity contribution in [2.24, 2.45) is 0 Å². The van der Waals surface area contributed by atoms with Crippen LogP contribution in [0.5, 0.6) is 0 Å². The quantitative estimate of drug-likeness (QED) is 0.790. The van der Waals surface area contributed by atoms with Gasteiger partial charge in [-0.1, -0.05) is 23.7 Å². The SMILES string of the molecule is Cc1ccc2c(Cl)c(C(=O)N3C[C@@H](C)O[C@@H](C)C3)sc2c1. The minimum absolute atomic E-state index is 0.0147. The van der Waals surface area contributed by atoms with Crippen molar-refractivity contribution >= 4 is 38.9 Å². The Morgan fingerprint density at radius 2 is 2.00 bits per heavy atom. The molecule has 2 atom stereocenters. The molecular formula is C16H18ClNO2S. The van der Waals surface area contributed by atoms with Crippen molar-refractivity contribution in [2.75, 3.05) is 13.1 Å². The first-order chi connectivity index (χ1) is 9.95. The van der Waals surface area contributed by atoms with Crippen molar-refractivity contribution in [1.29, 1.82) is 0 Å². The van der Waals surface area contributed by atoms with Gasteiger partial charge in [0, 0.05) is 23.2 Å². The van der Waals surface area contributed by atoms with Gasteiger partial charge in [0.1, 0.15) is 4.88 Å². The van der Waals surface area contributed by atoms with Crippen LogP contribution in [-0.4, -0.2) is 36.1 Å². The zero-order valence-corrected chi connectivity index (χ0v) is 13.9. The number of amides is 1. The Morgan fingerprint density at radius 3 is 2.67 bits per heavy atom. The maximum absolute atomic E-state index is 12.8. The lowest BCUT2D eigenvalue weighted by Crippen LogP contribution is -2.48. The lowest BCUT2D eigenvalue weighted by molar-refractivity contribution is -0.0584. The zero-order valence-electron chi connectivity index (χ0n) is 12.4. The highest BCUT2D eigenvalue weighted by atomic mass is 35.5. The number of morpholine rings is 1. The number of ether oxygens (including phenoxy) is 1. The lowest BCUT2D eigenvalue weighted by Gasteiger charge is -2.35. The van der Waals surface area contributed by atoms with Crippen LogP contribution in [0.25, 0.3) is 10.1 Å². The number of thiophene rings is 1. The third-order valence-corrected chi connectivity index (χ3v) is 5.33. The van der Waals surface area contributed by atoms with E-state index in [0.717, 1.165) is 10.1 Å². The monoisotopic (exact) mass is 323 g/mol. The normalized spacial score (nSPS) is 22.8. The van der Waals surface area contributed by atoms with Crippen molar-refractivity contribution in [1.82, 2.24) is 4.90 Å². The Balaban J connectivity index is 1.96. The number of halogens is 1. The van der Waals surface area contributed by atoms with Gasteiger partial charge in [-0.05, 0) is 32.4 Å². The molecule has 1 fully saturated rings.